The smallest absolute Gasteiger partial charge is 0.307 e. The molecule has 0 saturated heterocycles. The molecule has 7 heteroatoms. The lowest BCUT2D eigenvalue weighted by atomic mass is 10.0. The maximum atomic E-state index is 12.8. The van der Waals surface area contributed by atoms with Crippen LogP contribution in [0.5, 0.6) is 0 Å². The Morgan fingerprint density at radius 3 is 2.17 bits per heavy atom. The van der Waals surface area contributed by atoms with Crippen LogP contribution in [0.25, 0.3) is 11.1 Å². The Bertz CT molecular complexity index is 1010. The first-order valence-electron chi connectivity index (χ1n) is 9.21. The van der Waals surface area contributed by atoms with Gasteiger partial charge in [0.25, 0.3) is 0 Å². The topological polar surface area (TPSA) is 114 Å². The fourth-order valence-electron chi connectivity index (χ4n) is 3.20. The van der Waals surface area contributed by atoms with E-state index in [1.807, 2.05) is 54.6 Å². The Hall–Kier alpha value is -2.95. The SMILES string of the molecule is Nc1ccc(CC(CP(=O)(O)Cc2ccc(-c3ccccc3)cc2)C(=O)O)cn1. The highest BCUT2D eigenvalue weighted by atomic mass is 31.2. The summed E-state index contributed by atoms with van der Waals surface area (Å²) in [5.41, 5.74) is 8.99. The minimum absolute atomic E-state index is 0.0637. The van der Waals surface area contributed by atoms with Gasteiger partial charge in [-0.25, -0.2) is 4.98 Å². The van der Waals surface area contributed by atoms with Gasteiger partial charge in [0.15, 0.2) is 0 Å². The molecule has 0 amide bonds. The molecule has 4 N–H and O–H groups in total. The normalized spacial score (nSPS) is 14.1. The lowest BCUT2D eigenvalue weighted by Crippen LogP contribution is -2.21. The molecule has 6 nitrogen and oxygen atoms in total. The maximum absolute atomic E-state index is 12.8. The second-order valence-electron chi connectivity index (χ2n) is 7.08. The number of hydrogen-bond acceptors (Lipinski definition) is 4. The first-order valence-corrected chi connectivity index (χ1v) is 11.2. The van der Waals surface area contributed by atoms with Gasteiger partial charge in [0, 0.05) is 18.5 Å². The van der Waals surface area contributed by atoms with E-state index in [2.05, 4.69) is 4.98 Å². The van der Waals surface area contributed by atoms with Crippen molar-refractivity contribution in [1.29, 1.82) is 0 Å². The largest absolute Gasteiger partial charge is 0.481 e. The number of carboxylic acids is 1. The Morgan fingerprint density at radius 1 is 0.966 bits per heavy atom. The van der Waals surface area contributed by atoms with E-state index < -0.39 is 19.3 Å². The zero-order chi connectivity index (χ0) is 20.9. The lowest BCUT2D eigenvalue weighted by molar-refractivity contribution is -0.141. The van der Waals surface area contributed by atoms with Crippen LogP contribution in [0.15, 0.2) is 72.9 Å². The average Bonchev–Trinajstić information content (AvgIpc) is 2.70. The monoisotopic (exact) mass is 410 g/mol. The van der Waals surface area contributed by atoms with Crippen molar-refractivity contribution < 1.29 is 19.4 Å². The van der Waals surface area contributed by atoms with Crippen molar-refractivity contribution in [3.8, 4) is 11.1 Å². The molecule has 0 saturated carbocycles. The molecule has 0 fully saturated rings. The summed E-state index contributed by atoms with van der Waals surface area (Å²) in [6.07, 6.45) is 1.26. The van der Waals surface area contributed by atoms with E-state index in [1.54, 1.807) is 12.1 Å². The lowest BCUT2D eigenvalue weighted by Gasteiger charge is -2.18. The Balaban J connectivity index is 1.68. The zero-order valence-corrected chi connectivity index (χ0v) is 16.7. The molecule has 1 heterocycles. The van der Waals surface area contributed by atoms with Crippen LogP contribution in [0.3, 0.4) is 0 Å². The predicted molar refractivity (Wildman–Crippen MR) is 114 cm³/mol. The molecule has 0 aliphatic carbocycles. The van der Waals surface area contributed by atoms with Crippen LogP contribution in [-0.4, -0.2) is 27.1 Å². The third-order valence-corrected chi connectivity index (χ3v) is 6.55. The van der Waals surface area contributed by atoms with Crippen LogP contribution >= 0.6 is 7.37 Å². The Kier molecular flexibility index (Phi) is 6.47. The van der Waals surface area contributed by atoms with E-state index in [9.17, 15) is 19.4 Å². The molecule has 2 unspecified atom stereocenters. The Morgan fingerprint density at radius 2 is 1.59 bits per heavy atom. The summed E-state index contributed by atoms with van der Waals surface area (Å²) in [6.45, 7) is 0. The zero-order valence-electron chi connectivity index (χ0n) is 15.8. The number of aromatic nitrogens is 1. The second-order valence-corrected chi connectivity index (χ2v) is 9.45. The molecule has 2 atom stereocenters. The van der Waals surface area contributed by atoms with E-state index >= 15 is 0 Å². The van der Waals surface area contributed by atoms with Crippen molar-refractivity contribution in [2.24, 2.45) is 5.92 Å². The Labute approximate surface area is 169 Å². The molecular formula is C22H23N2O4P. The molecule has 0 spiro atoms. The molecule has 0 aliphatic rings. The van der Waals surface area contributed by atoms with Gasteiger partial charge in [-0.3, -0.25) is 9.36 Å². The fraction of sp³-hybridized carbons (Fsp3) is 0.182. The van der Waals surface area contributed by atoms with Gasteiger partial charge in [-0.2, -0.15) is 0 Å². The van der Waals surface area contributed by atoms with E-state index in [4.69, 9.17) is 5.73 Å². The van der Waals surface area contributed by atoms with Crippen LogP contribution in [0.1, 0.15) is 11.1 Å². The van der Waals surface area contributed by atoms with Crippen molar-refractivity contribution in [3.05, 3.63) is 84.1 Å². The van der Waals surface area contributed by atoms with Gasteiger partial charge in [0.05, 0.1) is 5.92 Å². The van der Waals surface area contributed by atoms with E-state index in [1.165, 1.54) is 6.20 Å². The highest BCUT2D eigenvalue weighted by Gasteiger charge is 2.29. The van der Waals surface area contributed by atoms with Crippen LogP contribution in [-0.2, 0) is 21.9 Å². The van der Waals surface area contributed by atoms with Crippen LogP contribution in [0, 0.1) is 5.92 Å². The first kappa shape index (κ1) is 20.8. The highest BCUT2D eigenvalue weighted by molar-refractivity contribution is 7.57. The fourth-order valence-corrected chi connectivity index (χ4v) is 5.08. The molecule has 0 radical (unpaired) electrons. The van der Waals surface area contributed by atoms with Gasteiger partial charge in [0.1, 0.15) is 5.82 Å². The first-order chi connectivity index (χ1) is 13.8. The van der Waals surface area contributed by atoms with Crippen molar-refractivity contribution in [3.63, 3.8) is 0 Å². The van der Waals surface area contributed by atoms with Crippen LogP contribution in [0.2, 0.25) is 0 Å². The molecule has 1 aromatic heterocycles. The maximum Gasteiger partial charge on any atom is 0.307 e. The van der Waals surface area contributed by atoms with E-state index in [0.717, 1.165) is 11.1 Å². The van der Waals surface area contributed by atoms with Gasteiger partial charge < -0.3 is 15.7 Å². The number of benzene rings is 2. The summed E-state index contributed by atoms with van der Waals surface area (Å²) in [4.78, 5) is 26.0. The standard InChI is InChI=1S/C22H23N2O4P/c23-21-11-8-17(13-24-21)12-20(22(25)26)15-29(27,28)14-16-6-9-19(10-7-16)18-4-2-1-3-5-18/h1-11,13,20H,12,14-15H2,(H2,23,24)(H,25,26)(H,27,28). The van der Waals surface area contributed by atoms with Gasteiger partial charge in [-0.05, 0) is 34.7 Å². The minimum Gasteiger partial charge on any atom is -0.481 e. The van der Waals surface area contributed by atoms with Gasteiger partial charge in [-0.15, -0.1) is 0 Å². The van der Waals surface area contributed by atoms with Crippen molar-refractivity contribution in [2.75, 3.05) is 11.9 Å². The summed E-state index contributed by atoms with van der Waals surface area (Å²) >= 11 is 0. The number of nitrogens with zero attached hydrogens (tertiary/aromatic N) is 1. The molecule has 3 rings (SSSR count). The van der Waals surface area contributed by atoms with Crippen molar-refractivity contribution in [2.45, 2.75) is 12.6 Å². The van der Waals surface area contributed by atoms with Crippen molar-refractivity contribution >= 4 is 19.2 Å². The number of rotatable bonds is 8. The van der Waals surface area contributed by atoms with Gasteiger partial charge >= 0.3 is 5.97 Å². The molecular weight excluding hydrogens is 387 g/mol. The summed E-state index contributed by atoms with van der Waals surface area (Å²) in [6, 6.07) is 20.5. The number of anilines is 1. The summed E-state index contributed by atoms with van der Waals surface area (Å²) in [5, 5.41) is 9.50. The number of nitrogen functional groups attached to an aromatic ring is 1. The summed E-state index contributed by atoms with van der Waals surface area (Å²) in [7, 11) is -3.68. The average molecular weight is 410 g/mol. The number of aliphatic carboxylic acids is 1. The number of hydrogen-bond donors (Lipinski definition) is 3. The molecule has 0 aliphatic heterocycles. The third kappa shape index (κ3) is 6.01. The van der Waals surface area contributed by atoms with E-state index in [0.29, 0.717) is 16.9 Å². The van der Waals surface area contributed by atoms with Crippen LogP contribution in [0.4, 0.5) is 5.82 Å². The molecule has 29 heavy (non-hydrogen) atoms. The van der Waals surface area contributed by atoms with Gasteiger partial charge in [-0.1, -0.05) is 60.7 Å². The van der Waals surface area contributed by atoms with Crippen molar-refractivity contribution in [1.82, 2.24) is 4.98 Å². The second kappa shape index (κ2) is 9.03. The molecule has 2 aromatic carbocycles. The number of pyridine rings is 1. The third-order valence-electron chi connectivity index (χ3n) is 4.68. The summed E-state index contributed by atoms with van der Waals surface area (Å²) < 4.78 is 12.8. The minimum atomic E-state index is -3.68. The van der Waals surface area contributed by atoms with Crippen LogP contribution < -0.4 is 5.73 Å². The quantitative estimate of drug-likeness (QED) is 0.483. The molecule has 150 valence electrons. The summed E-state index contributed by atoms with van der Waals surface area (Å²) in [5.74, 6) is -1.73. The number of nitrogens with two attached hydrogens (primary N) is 1. The number of carbonyl (C=O) groups is 1. The predicted octanol–water partition coefficient (Wildman–Crippen LogP) is 4.04. The number of carboxylic acid groups (broad SMARTS) is 1. The van der Waals surface area contributed by atoms with Gasteiger partial charge in [0.2, 0.25) is 7.37 Å². The highest BCUT2D eigenvalue weighted by Crippen LogP contribution is 2.46. The van der Waals surface area contributed by atoms with E-state index in [-0.39, 0.29) is 18.7 Å². The molecule has 3 aromatic rings. The molecule has 0 bridgehead atoms.